The molecule has 0 aliphatic heterocycles. The van der Waals surface area contributed by atoms with Gasteiger partial charge in [0.15, 0.2) is 0 Å². The molecule has 1 unspecified atom stereocenters. The summed E-state index contributed by atoms with van der Waals surface area (Å²) in [6, 6.07) is 4.43. The van der Waals surface area contributed by atoms with Crippen molar-refractivity contribution in [3.63, 3.8) is 0 Å². The zero-order valence-electron chi connectivity index (χ0n) is 10.8. The number of fused-ring (bicyclic) bond motifs is 1. The summed E-state index contributed by atoms with van der Waals surface area (Å²) in [6.07, 6.45) is 6.23. The minimum absolute atomic E-state index is 0.151. The smallest absolute Gasteiger partial charge is 0.122 e. The summed E-state index contributed by atoms with van der Waals surface area (Å²) in [5.41, 5.74) is 4.04. The largest absolute Gasteiger partial charge is 0.496 e. The van der Waals surface area contributed by atoms with Gasteiger partial charge >= 0.3 is 0 Å². The van der Waals surface area contributed by atoms with Crippen molar-refractivity contribution in [2.24, 2.45) is 0 Å². The van der Waals surface area contributed by atoms with E-state index < -0.39 is 0 Å². The quantitative estimate of drug-likeness (QED) is 0.814. The van der Waals surface area contributed by atoms with Crippen LogP contribution in [-0.4, -0.2) is 18.8 Å². The van der Waals surface area contributed by atoms with Gasteiger partial charge in [-0.2, -0.15) is 0 Å². The maximum atomic E-state index is 9.31. The number of aliphatic hydroxyl groups excluding tert-OH is 1. The lowest BCUT2D eigenvalue weighted by atomic mass is 9.93. The zero-order valence-corrected chi connectivity index (χ0v) is 10.8. The van der Waals surface area contributed by atoms with Crippen LogP contribution in [0.2, 0.25) is 0 Å². The Morgan fingerprint density at radius 2 is 1.82 bits per heavy atom. The molecule has 1 N–H and O–H groups in total. The average Bonchev–Trinajstić information content (AvgIpc) is 2.60. The summed E-state index contributed by atoms with van der Waals surface area (Å²) in [5, 5.41) is 9.31. The highest BCUT2D eigenvalue weighted by Crippen LogP contribution is 2.32. The van der Waals surface area contributed by atoms with Crippen molar-refractivity contribution < 1.29 is 9.84 Å². The third kappa shape index (κ3) is 2.63. The Morgan fingerprint density at radius 1 is 1.18 bits per heavy atom. The van der Waals surface area contributed by atoms with E-state index in [0.717, 1.165) is 11.3 Å². The molecule has 1 aromatic carbocycles. The van der Waals surface area contributed by atoms with Gasteiger partial charge in [0.2, 0.25) is 0 Å². The average molecular weight is 234 g/mol. The fourth-order valence-electron chi connectivity index (χ4n) is 2.62. The highest BCUT2D eigenvalue weighted by atomic mass is 16.5. The summed E-state index contributed by atoms with van der Waals surface area (Å²) >= 11 is 0. The molecule has 0 spiro atoms. The number of aliphatic hydroxyl groups is 1. The molecule has 2 nitrogen and oxygen atoms in total. The summed E-state index contributed by atoms with van der Waals surface area (Å²) in [6.45, 7) is 2.22. The third-order valence-electron chi connectivity index (χ3n) is 3.75. The molecule has 0 bridgehead atoms. The summed E-state index contributed by atoms with van der Waals surface area (Å²) in [5.74, 6) is 1.09. The SMILES string of the molecule is COc1cc2c(cc1C(C)CO)CCCCC2. The van der Waals surface area contributed by atoms with Gasteiger partial charge in [0.25, 0.3) is 0 Å². The van der Waals surface area contributed by atoms with Gasteiger partial charge in [-0.3, -0.25) is 0 Å². The monoisotopic (exact) mass is 234 g/mol. The normalized spacial score (nSPS) is 17.1. The lowest BCUT2D eigenvalue weighted by Gasteiger charge is -2.17. The van der Waals surface area contributed by atoms with E-state index in [1.165, 1.54) is 43.2 Å². The molecule has 17 heavy (non-hydrogen) atoms. The molecule has 1 aromatic rings. The van der Waals surface area contributed by atoms with E-state index in [-0.39, 0.29) is 12.5 Å². The lowest BCUT2D eigenvalue weighted by molar-refractivity contribution is 0.269. The van der Waals surface area contributed by atoms with Crippen LogP contribution in [0.4, 0.5) is 0 Å². The molecule has 0 aromatic heterocycles. The van der Waals surface area contributed by atoms with Crippen molar-refractivity contribution in [1.82, 2.24) is 0 Å². The molecule has 0 amide bonds. The molecule has 0 fully saturated rings. The summed E-state index contributed by atoms with van der Waals surface area (Å²) in [4.78, 5) is 0. The van der Waals surface area contributed by atoms with Crippen molar-refractivity contribution >= 4 is 0 Å². The fraction of sp³-hybridized carbons (Fsp3) is 0.600. The molecular formula is C15H22O2. The van der Waals surface area contributed by atoms with Gasteiger partial charge in [0.1, 0.15) is 5.75 Å². The number of aryl methyl sites for hydroxylation is 2. The van der Waals surface area contributed by atoms with Gasteiger partial charge in [-0.25, -0.2) is 0 Å². The number of rotatable bonds is 3. The zero-order chi connectivity index (χ0) is 12.3. The molecule has 1 aliphatic carbocycles. The highest BCUT2D eigenvalue weighted by molar-refractivity contribution is 5.45. The van der Waals surface area contributed by atoms with E-state index in [0.29, 0.717) is 0 Å². The van der Waals surface area contributed by atoms with Crippen LogP contribution >= 0.6 is 0 Å². The van der Waals surface area contributed by atoms with Crippen LogP contribution in [0.15, 0.2) is 12.1 Å². The molecule has 0 saturated carbocycles. The second-order valence-electron chi connectivity index (χ2n) is 5.01. The molecule has 2 rings (SSSR count). The topological polar surface area (TPSA) is 29.5 Å². The van der Waals surface area contributed by atoms with E-state index in [2.05, 4.69) is 12.1 Å². The van der Waals surface area contributed by atoms with Crippen LogP contribution < -0.4 is 4.74 Å². The molecule has 2 heteroatoms. The Labute approximate surface area is 104 Å². The Kier molecular flexibility index (Phi) is 4.06. The van der Waals surface area contributed by atoms with E-state index in [1.807, 2.05) is 6.92 Å². The Balaban J connectivity index is 2.42. The minimum Gasteiger partial charge on any atom is -0.496 e. The highest BCUT2D eigenvalue weighted by Gasteiger charge is 2.16. The lowest BCUT2D eigenvalue weighted by Crippen LogP contribution is -2.05. The maximum Gasteiger partial charge on any atom is 0.122 e. The molecule has 1 atom stereocenters. The Bertz CT molecular complexity index is 385. The first-order valence-corrected chi connectivity index (χ1v) is 6.56. The van der Waals surface area contributed by atoms with Crippen LogP contribution in [0.25, 0.3) is 0 Å². The summed E-state index contributed by atoms with van der Waals surface area (Å²) in [7, 11) is 1.71. The van der Waals surface area contributed by atoms with Crippen LogP contribution in [0.3, 0.4) is 0 Å². The van der Waals surface area contributed by atoms with E-state index in [9.17, 15) is 5.11 Å². The van der Waals surface area contributed by atoms with Gasteiger partial charge in [-0.1, -0.05) is 19.4 Å². The third-order valence-corrected chi connectivity index (χ3v) is 3.75. The second-order valence-corrected chi connectivity index (χ2v) is 5.01. The van der Waals surface area contributed by atoms with Crippen molar-refractivity contribution in [2.45, 2.75) is 44.9 Å². The number of hydrogen-bond donors (Lipinski definition) is 1. The first-order valence-electron chi connectivity index (χ1n) is 6.56. The van der Waals surface area contributed by atoms with Crippen LogP contribution in [0.5, 0.6) is 5.75 Å². The first kappa shape index (κ1) is 12.4. The second kappa shape index (κ2) is 5.54. The van der Waals surface area contributed by atoms with Gasteiger partial charge in [-0.05, 0) is 48.4 Å². The number of methoxy groups -OCH3 is 1. The number of ether oxygens (including phenoxy) is 1. The Hall–Kier alpha value is -1.02. The predicted molar refractivity (Wildman–Crippen MR) is 69.8 cm³/mol. The number of hydrogen-bond acceptors (Lipinski definition) is 2. The van der Waals surface area contributed by atoms with E-state index in [4.69, 9.17) is 4.74 Å². The minimum atomic E-state index is 0.151. The molecule has 0 saturated heterocycles. The van der Waals surface area contributed by atoms with Crippen molar-refractivity contribution in [2.75, 3.05) is 13.7 Å². The van der Waals surface area contributed by atoms with Gasteiger partial charge in [-0.15, -0.1) is 0 Å². The predicted octanol–water partition coefficient (Wildman–Crippen LogP) is 3.06. The van der Waals surface area contributed by atoms with Crippen LogP contribution in [0.1, 0.15) is 48.8 Å². The molecule has 0 heterocycles. The van der Waals surface area contributed by atoms with Crippen molar-refractivity contribution in [3.05, 3.63) is 28.8 Å². The molecular weight excluding hydrogens is 212 g/mol. The maximum absolute atomic E-state index is 9.31. The fourth-order valence-corrected chi connectivity index (χ4v) is 2.62. The van der Waals surface area contributed by atoms with Crippen molar-refractivity contribution in [3.8, 4) is 5.75 Å². The van der Waals surface area contributed by atoms with Gasteiger partial charge in [0, 0.05) is 12.5 Å². The van der Waals surface area contributed by atoms with E-state index in [1.54, 1.807) is 7.11 Å². The molecule has 0 radical (unpaired) electrons. The molecule has 94 valence electrons. The van der Waals surface area contributed by atoms with Crippen LogP contribution in [-0.2, 0) is 12.8 Å². The summed E-state index contributed by atoms with van der Waals surface area (Å²) < 4.78 is 5.46. The van der Waals surface area contributed by atoms with Crippen molar-refractivity contribution in [1.29, 1.82) is 0 Å². The Morgan fingerprint density at radius 3 is 2.41 bits per heavy atom. The first-order chi connectivity index (χ1) is 8.26. The number of benzene rings is 1. The standard InChI is InChI=1S/C15H22O2/c1-11(10-16)14-8-12-6-4-3-5-7-13(12)9-15(14)17-2/h8-9,11,16H,3-7,10H2,1-2H3. The van der Waals surface area contributed by atoms with E-state index >= 15 is 0 Å². The van der Waals surface area contributed by atoms with Gasteiger partial charge in [0.05, 0.1) is 7.11 Å². The molecule has 1 aliphatic rings. The van der Waals surface area contributed by atoms with Crippen LogP contribution in [0, 0.1) is 0 Å². The van der Waals surface area contributed by atoms with Gasteiger partial charge < -0.3 is 9.84 Å².